The van der Waals surface area contributed by atoms with Gasteiger partial charge in [0.25, 0.3) is 0 Å². The van der Waals surface area contributed by atoms with Gasteiger partial charge in [0.05, 0.1) is 11.0 Å². The van der Waals surface area contributed by atoms with E-state index in [-0.39, 0.29) is 0 Å². The largest absolute Gasteiger partial charge is 0.371 e. The van der Waals surface area contributed by atoms with Crippen LogP contribution in [0.4, 0.5) is 11.5 Å². The van der Waals surface area contributed by atoms with Crippen molar-refractivity contribution < 1.29 is 0 Å². The van der Waals surface area contributed by atoms with E-state index in [2.05, 4.69) is 52.2 Å². The molecule has 2 fully saturated rings. The Kier molecular flexibility index (Phi) is 6.24. The Bertz CT molecular complexity index is 1060. The van der Waals surface area contributed by atoms with Gasteiger partial charge in [-0.3, -0.25) is 9.97 Å². The summed E-state index contributed by atoms with van der Waals surface area (Å²) in [5.41, 5.74) is 7.31. The topological polar surface area (TPSA) is 53.9 Å². The van der Waals surface area contributed by atoms with Gasteiger partial charge in [0.15, 0.2) is 0 Å². The molecule has 2 aromatic heterocycles. The first-order chi connectivity index (χ1) is 15.7. The summed E-state index contributed by atoms with van der Waals surface area (Å²) in [5, 5.41) is 3.70. The molecule has 0 unspecified atom stereocenters. The zero-order chi connectivity index (χ0) is 21.9. The van der Waals surface area contributed by atoms with E-state index in [0.29, 0.717) is 12.0 Å². The van der Waals surface area contributed by atoms with E-state index in [1.54, 1.807) is 0 Å². The summed E-state index contributed by atoms with van der Waals surface area (Å²) in [4.78, 5) is 16.5. The van der Waals surface area contributed by atoms with Gasteiger partial charge in [0.2, 0.25) is 0 Å². The fraction of sp³-hybridized carbons (Fsp3) is 0.519. The Morgan fingerprint density at radius 1 is 0.906 bits per heavy atom. The molecule has 32 heavy (non-hydrogen) atoms. The Balaban J connectivity index is 1.27. The fourth-order valence-corrected chi connectivity index (χ4v) is 5.50. The van der Waals surface area contributed by atoms with Crippen molar-refractivity contribution in [1.29, 1.82) is 0 Å². The Morgan fingerprint density at radius 3 is 2.47 bits per heavy atom. The molecule has 3 aromatic rings. The van der Waals surface area contributed by atoms with Gasteiger partial charge in [-0.2, -0.15) is 0 Å². The molecule has 0 spiro atoms. The van der Waals surface area contributed by atoms with Crippen LogP contribution in [0.15, 0.2) is 36.8 Å². The third kappa shape index (κ3) is 4.72. The van der Waals surface area contributed by atoms with Crippen LogP contribution in [-0.4, -0.2) is 34.1 Å². The molecule has 1 aliphatic carbocycles. The number of nitrogens with one attached hydrogen (secondary N) is 1. The number of aryl methyl sites for hydroxylation is 2. The molecule has 1 saturated heterocycles. The highest BCUT2D eigenvalue weighted by Gasteiger charge is 2.23. The Morgan fingerprint density at radius 2 is 1.69 bits per heavy atom. The number of pyridine rings is 1. The van der Waals surface area contributed by atoms with Crippen LogP contribution in [0.5, 0.6) is 0 Å². The van der Waals surface area contributed by atoms with Crippen molar-refractivity contribution in [3.05, 3.63) is 53.5 Å². The molecule has 0 amide bonds. The molecule has 1 aliphatic heterocycles. The first kappa shape index (κ1) is 21.2. The highest BCUT2D eigenvalue weighted by molar-refractivity contribution is 5.82. The molecule has 0 bridgehead atoms. The number of aromatic nitrogens is 3. The zero-order valence-electron chi connectivity index (χ0n) is 19.5. The molecule has 3 heterocycles. The molecule has 0 radical (unpaired) electrons. The number of nitrogens with zero attached hydrogens (tertiary/aromatic N) is 4. The van der Waals surface area contributed by atoms with Crippen LogP contribution in [0, 0.1) is 19.8 Å². The van der Waals surface area contributed by atoms with E-state index in [1.165, 1.54) is 67.3 Å². The SMILES string of the molecule is Cc1cnc(NC2CCC(Cc3cc(N4CCCCC4)cc4nccnc34)CC2)c(C)c1. The summed E-state index contributed by atoms with van der Waals surface area (Å²) < 4.78 is 0. The summed E-state index contributed by atoms with van der Waals surface area (Å²) >= 11 is 0. The molecule has 168 valence electrons. The third-order valence-electron chi connectivity index (χ3n) is 7.27. The standard InChI is InChI=1S/C27H35N5/c1-19-14-20(2)27(30-18-19)31-23-8-6-21(7-9-23)15-22-16-24(32-12-4-3-5-13-32)17-25-26(22)29-11-10-28-25/h10-11,14,16-18,21,23H,3-9,12-13,15H2,1-2H3,(H,30,31). The monoisotopic (exact) mass is 429 g/mol. The minimum Gasteiger partial charge on any atom is -0.371 e. The number of piperidine rings is 1. The van der Waals surface area contributed by atoms with Crippen molar-refractivity contribution in [3.63, 3.8) is 0 Å². The zero-order valence-corrected chi connectivity index (χ0v) is 19.5. The van der Waals surface area contributed by atoms with E-state index >= 15 is 0 Å². The lowest BCUT2D eigenvalue weighted by molar-refractivity contribution is 0.336. The van der Waals surface area contributed by atoms with E-state index in [1.807, 2.05) is 18.6 Å². The minimum atomic E-state index is 0.524. The van der Waals surface area contributed by atoms with Gasteiger partial charge in [0, 0.05) is 43.4 Å². The molecule has 1 saturated carbocycles. The Hall–Kier alpha value is -2.69. The molecule has 1 aromatic carbocycles. The molecule has 2 aliphatic rings. The van der Waals surface area contributed by atoms with Crippen molar-refractivity contribution >= 4 is 22.5 Å². The summed E-state index contributed by atoms with van der Waals surface area (Å²) in [6.07, 6.45) is 15.6. The van der Waals surface area contributed by atoms with Crippen molar-refractivity contribution in [3.8, 4) is 0 Å². The van der Waals surface area contributed by atoms with Crippen LogP contribution in [0.3, 0.4) is 0 Å². The minimum absolute atomic E-state index is 0.524. The average molecular weight is 430 g/mol. The number of hydrogen-bond donors (Lipinski definition) is 1. The summed E-state index contributed by atoms with van der Waals surface area (Å²) in [5.74, 6) is 1.76. The molecular weight excluding hydrogens is 394 g/mol. The molecule has 5 heteroatoms. The average Bonchev–Trinajstić information content (AvgIpc) is 2.82. The van der Waals surface area contributed by atoms with Gasteiger partial charge in [-0.25, -0.2) is 4.98 Å². The summed E-state index contributed by atoms with van der Waals surface area (Å²) in [6, 6.07) is 7.39. The van der Waals surface area contributed by atoms with Gasteiger partial charge in [-0.1, -0.05) is 6.07 Å². The second kappa shape index (κ2) is 9.43. The lowest BCUT2D eigenvalue weighted by Crippen LogP contribution is -2.29. The number of fused-ring (bicyclic) bond motifs is 1. The smallest absolute Gasteiger partial charge is 0.129 e. The highest BCUT2D eigenvalue weighted by Crippen LogP contribution is 2.33. The maximum Gasteiger partial charge on any atom is 0.129 e. The first-order valence-corrected chi connectivity index (χ1v) is 12.3. The van der Waals surface area contributed by atoms with Gasteiger partial charge >= 0.3 is 0 Å². The van der Waals surface area contributed by atoms with Crippen molar-refractivity contribution in [2.75, 3.05) is 23.3 Å². The quantitative estimate of drug-likeness (QED) is 0.552. The van der Waals surface area contributed by atoms with Crippen molar-refractivity contribution in [1.82, 2.24) is 15.0 Å². The lowest BCUT2D eigenvalue weighted by atomic mass is 9.82. The number of hydrogen-bond acceptors (Lipinski definition) is 5. The maximum atomic E-state index is 4.72. The number of benzene rings is 1. The van der Waals surface area contributed by atoms with E-state index in [9.17, 15) is 0 Å². The van der Waals surface area contributed by atoms with E-state index < -0.39 is 0 Å². The Labute approximate surface area is 191 Å². The number of rotatable bonds is 5. The molecule has 5 rings (SSSR count). The van der Waals surface area contributed by atoms with Crippen LogP contribution in [0.2, 0.25) is 0 Å². The van der Waals surface area contributed by atoms with Crippen LogP contribution in [-0.2, 0) is 6.42 Å². The fourth-order valence-electron chi connectivity index (χ4n) is 5.50. The first-order valence-electron chi connectivity index (χ1n) is 12.3. The number of anilines is 2. The van der Waals surface area contributed by atoms with Gasteiger partial charge in [0.1, 0.15) is 5.82 Å². The van der Waals surface area contributed by atoms with Crippen molar-refractivity contribution in [2.24, 2.45) is 5.92 Å². The van der Waals surface area contributed by atoms with Crippen LogP contribution in [0.1, 0.15) is 61.6 Å². The highest BCUT2D eigenvalue weighted by atomic mass is 15.1. The van der Waals surface area contributed by atoms with Gasteiger partial charge in [-0.15, -0.1) is 0 Å². The second-order valence-electron chi connectivity index (χ2n) is 9.82. The van der Waals surface area contributed by atoms with Crippen molar-refractivity contribution in [2.45, 2.75) is 71.3 Å². The van der Waals surface area contributed by atoms with E-state index in [4.69, 9.17) is 4.98 Å². The predicted molar refractivity (Wildman–Crippen MR) is 132 cm³/mol. The van der Waals surface area contributed by atoms with Gasteiger partial charge < -0.3 is 10.2 Å². The summed E-state index contributed by atoms with van der Waals surface area (Å²) in [7, 11) is 0. The van der Waals surface area contributed by atoms with Gasteiger partial charge in [-0.05, 0) is 100.0 Å². The van der Waals surface area contributed by atoms with E-state index in [0.717, 1.165) is 36.4 Å². The summed E-state index contributed by atoms with van der Waals surface area (Å²) in [6.45, 7) is 6.57. The maximum absolute atomic E-state index is 4.72. The predicted octanol–water partition coefficient (Wildman–Crippen LogP) is 5.85. The molecule has 0 atom stereocenters. The molecular formula is C27H35N5. The third-order valence-corrected chi connectivity index (χ3v) is 7.27. The molecule has 1 N–H and O–H groups in total. The molecule has 5 nitrogen and oxygen atoms in total. The van der Waals surface area contributed by atoms with Crippen LogP contribution in [0.25, 0.3) is 11.0 Å². The van der Waals surface area contributed by atoms with Crippen LogP contribution < -0.4 is 10.2 Å². The second-order valence-corrected chi connectivity index (χ2v) is 9.82. The van der Waals surface area contributed by atoms with Crippen LogP contribution >= 0.6 is 0 Å². The lowest BCUT2D eigenvalue weighted by Gasteiger charge is -2.31. The normalized spacial score (nSPS) is 21.6.